The molecule has 0 unspecified atom stereocenters. The number of rotatable bonds is 4. The van der Waals surface area contributed by atoms with Crippen LogP contribution in [0.5, 0.6) is 0 Å². The van der Waals surface area contributed by atoms with Gasteiger partial charge in [0.1, 0.15) is 0 Å². The van der Waals surface area contributed by atoms with Crippen molar-refractivity contribution in [1.29, 1.82) is 0 Å². The lowest BCUT2D eigenvalue weighted by Crippen LogP contribution is -2.20. The molecule has 20 heavy (non-hydrogen) atoms. The van der Waals surface area contributed by atoms with Gasteiger partial charge >= 0.3 is 0 Å². The lowest BCUT2D eigenvalue weighted by atomic mass is 10.3. The highest BCUT2D eigenvalue weighted by atomic mass is 32.1. The second-order valence-electron chi connectivity index (χ2n) is 4.27. The normalized spacial score (nSPS) is 11.2. The molecule has 3 heterocycles. The summed E-state index contributed by atoms with van der Waals surface area (Å²) < 4.78 is 1.79. The zero-order valence-corrected chi connectivity index (χ0v) is 11.5. The minimum atomic E-state index is -0.115. The van der Waals surface area contributed by atoms with Crippen LogP contribution in [0.25, 0.3) is 11.6 Å². The van der Waals surface area contributed by atoms with Gasteiger partial charge in [0, 0.05) is 17.2 Å². The Kier molecular flexibility index (Phi) is 3.60. The summed E-state index contributed by atoms with van der Waals surface area (Å²) in [4.78, 5) is 12.8. The zero-order chi connectivity index (χ0) is 13.8. The molecule has 5 heteroatoms. The van der Waals surface area contributed by atoms with Crippen molar-refractivity contribution in [3.05, 3.63) is 64.6 Å². The molecular weight excluding hydrogens is 270 g/mol. The first kappa shape index (κ1) is 12.6. The van der Waals surface area contributed by atoms with Crippen LogP contribution in [0.3, 0.4) is 0 Å². The maximum atomic E-state index is 11.7. The van der Waals surface area contributed by atoms with Crippen molar-refractivity contribution in [3.8, 4) is 0 Å². The van der Waals surface area contributed by atoms with Gasteiger partial charge in [-0.2, -0.15) is 5.10 Å². The number of carbonyl (C=O) groups excluding carboxylic acids is 1. The summed E-state index contributed by atoms with van der Waals surface area (Å²) in [7, 11) is 0. The first-order valence-electron chi connectivity index (χ1n) is 6.24. The fourth-order valence-corrected chi connectivity index (χ4v) is 2.48. The molecule has 3 aromatic heterocycles. The van der Waals surface area contributed by atoms with Crippen molar-refractivity contribution in [3.63, 3.8) is 0 Å². The van der Waals surface area contributed by atoms with Gasteiger partial charge in [-0.25, -0.2) is 4.52 Å². The number of amides is 1. The molecule has 0 atom stereocenters. The van der Waals surface area contributed by atoms with E-state index in [1.165, 1.54) is 0 Å². The number of pyridine rings is 1. The first-order valence-corrected chi connectivity index (χ1v) is 7.12. The molecule has 0 spiro atoms. The van der Waals surface area contributed by atoms with Gasteiger partial charge in [-0.15, -0.1) is 11.3 Å². The molecule has 0 bridgehead atoms. The number of fused-ring (bicyclic) bond motifs is 1. The molecule has 0 aromatic carbocycles. The Labute approximate surface area is 120 Å². The van der Waals surface area contributed by atoms with E-state index in [2.05, 4.69) is 10.4 Å². The molecule has 4 nitrogen and oxygen atoms in total. The Bertz CT molecular complexity index is 710. The van der Waals surface area contributed by atoms with Crippen molar-refractivity contribution >= 4 is 28.8 Å². The van der Waals surface area contributed by atoms with Crippen LogP contribution >= 0.6 is 11.3 Å². The van der Waals surface area contributed by atoms with Gasteiger partial charge in [-0.3, -0.25) is 4.79 Å². The Hall–Kier alpha value is -2.40. The molecule has 1 amide bonds. The maximum Gasteiger partial charge on any atom is 0.244 e. The predicted octanol–water partition coefficient (Wildman–Crippen LogP) is 2.73. The minimum absolute atomic E-state index is 0.115. The fourth-order valence-electron chi connectivity index (χ4n) is 1.86. The minimum Gasteiger partial charge on any atom is -0.347 e. The van der Waals surface area contributed by atoms with Gasteiger partial charge in [0.15, 0.2) is 0 Å². The Balaban J connectivity index is 1.60. The van der Waals surface area contributed by atoms with E-state index in [1.807, 2.05) is 54.1 Å². The summed E-state index contributed by atoms with van der Waals surface area (Å²) in [5.41, 5.74) is 1.86. The topological polar surface area (TPSA) is 46.4 Å². The maximum absolute atomic E-state index is 11.7. The van der Waals surface area contributed by atoms with Crippen molar-refractivity contribution in [2.75, 3.05) is 0 Å². The SMILES string of the molecule is O=C(/C=C/c1cccs1)NCc1cc2ccccn2n1. The summed E-state index contributed by atoms with van der Waals surface area (Å²) in [5.74, 6) is -0.115. The standard InChI is InChI=1S/C15H13N3OS/c19-15(7-6-14-5-3-9-20-14)16-11-12-10-13-4-1-2-8-18(13)17-12/h1-10H,11H2,(H,16,19)/b7-6+. The van der Waals surface area contributed by atoms with Crippen molar-refractivity contribution in [1.82, 2.24) is 14.9 Å². The number of nitrogens with zero attached hydrogens (tertiary/aromatic N) is 2. The summed E-state index contributed by atoms with van der Waals surface area (Å²) in [6, 6.07) is 11.8. The lowest BCUT2D eigenvalue weighted by molar-refractivity contribution is -0.116. The van der Waals surface area contributed by atoms with E-state index in [-0.39, 0.29) is 5.91 Å². The summed E-state index contributed by atoms with van der Waals surface area (Å²) in [6.45, 7) is 0.426. The van der Waals surface area contributed by atoms with Crippen LogP contribution in [0, 0.1) is 0 Å². The van der Waals surface area contributed by atoms with Crippen molar-refractivity contribution in [2.45, 2.75) is 6.54 Å². The highest BCUT2D eigenvalue weighted by Gasteiger charge is 2.02. The Morgan fingerprint density at radius 1 is 1.35 bits per heavy atom. The number of hydrogen-bond donors (Lipinski definition) is 1. The van der Waals surface area contributed by atoms with Gasteiger partial charge in [0.25, 0.3) is 0 Å². The van der Waals surface area contributed by atoms with E-state index in [4.69, 9.17) is 0 Å². The highest BCUT2D eigenvalue weighted by Crippen LogP contribution is 2.10. The highest BCUT2D eigenvalue weighted by molar-refractivity contribution is 7.10. The predicted molar refractivity (Wildman–Crippen MR) is 80.4 cm³/mol. The van der Waals surface area contributed by atoms with E-state index < -0.39 is 0 Å². The van der Waals surface area contributed by atoms with E-state index in [0.29, 0.717) is 6.54 Å². The first-order chi connectivity index (χ1) is 9.81. The third-order valence-electron chi connectivity index (χ3n) is 2.81. The van der Waals surface area contributed by atoms with E-state index in [1.54, 1.807) is 21.9 Å². The van der Waals surface area contributed by atoms with Crippen LogP contribution in [-0.4, -0.2) is 15.5 Å². The van der Waals surface area contributed by atoms with E-state index in [9.17, 15) is 4.79 Å². The molecule has 3 rings (SSSR count). The summed E-state index contributed by atoms with van der Waals surface area (Å²) in [5, 5.41) is 9.18. The average molecular weight is 283 g/mol. The van der Waals surface area contributed by atoms with E-state index >= 15 is 0 Å². The van der Waals surface area contributed by atoms with Gasteiger partial charge in [-0.05, 0) is 35.7 Å². The summed E-state index contributed by atoms with van der Waals surface area (Å²) in [6.07, 6.45) is 5.24. The monoisotopic (exact) mass is 283 g/mol. The van der Waals surface area contributed by atoms with Crippen molar-refractivity contribution < 1.29 is 4.79 Å². The zero-order valence-electron chi connectivity index (χ0n) is 10.7. The third kappa shape index (κ3) is 2.95. The lowest BCUT2D eigenvalue weighted by Gasteiger charge is -1.97. The molecule has 0 aliphatic rings. The molecular formula is C15H13N3OS. The molecule has 0 aliphatic carbocycles. The molecule has 0 saturated heterocycles. The number of thiophene rings is 1. The number of aromatic nitrogens is 2. The van der Waals surface area contributed by atoms with Crippen molar-refractivity contribution in [2.24, 2.45) is 0 Å². The number of hydrogen-bond acceptors (Lipinski definition) is 3. The van der Waals surface area contributed by atoms with Gasteiger partial charge in [0.2, 0.25) is 5.91 Å². The smallest absolute Gasteiger partial charge is 0.244 e. The molecule has 3 aromatic rings. The van der Waals surface area contributed by atoms with Crippen LogP contribution < -0.4 is 5.32 Å². The molecule has 0 aliphatic heterocycles. The third-order valence-corrected chi connectivity index (χ3v) is 3.64. The molecule has 1 N–H and O–H groups in total. The van der Waals surface area contributed by atoms with E-state index in [0.717, 1.165) is 16.1 Å². The average Bonchev–Trinajstić information content (AvgIpc) is 3.11. The van der Waals surface area contributed by atoms with Gasteiger partial charge in [-0.1, -0.05) is 12.1 Å². The second kappa shape index (κ2) is 5.71. The van der Waals surface area contributed by atoms with Crippen LogP contribution in [0.1, 0.15) is 10.6 Å². The number of nitrogens with one attached hydrogen (secondary N) is 1. The van der Waals surface area contributed by atoms with Crippen LogP contribution in [-0.2, 0) is 11.3 Å². The fraction of sp³-hybridized carbons (Fsp3) is 0.0667. The summed E-state index contributed by atoms with van der Waals surface area (Å²) >= 11 is 1.60. The largest absolute Gasteiger partial charge is 0.347 e. The van der Waals surface area contributed by atoms with Gasteiger partial charge < -0.3 is 5.32 Å². The molecule has 0 radical (unpaired) electrons. The molecule has 0 saturated carbocycles. The Morgan fingerprint density at radius 2 is 2.30 bits per heavy atom. The molecule has 100 valence electrons. The van der Waals surface area contributed by atoms with Crippen LogP contribution in [0.2, 0.25) is 0 Å². The number of carbonyl (C=O) groups is 1. The quantitative estimate of drug-likeness (QED) is 0.748. The molecule has 0 fully saturated rings. The Morgan fingerprint density at radius 3 is 3.10 bits per heavy atom. The van der Waals surface area contributed by atoms with Crippen LogP contribution in [0.4, 0.5) is 0 Å². The van der Waals surface area contributed by atoms with Crippen LogP contribution in [0.15, 0.2) is 54.1 Å². The van der Waals surface area contributed by atoms with Gasteiger partial charge in [0.05, 0.1) is 17.8 Å². The second-order valence-corrected chi connectivity index (χ2v) is 5.25.